The number of carbonyl (C=O) groups excluding carboxylic acids is 2. The van der Waals surface area contributed by atoms with Crippen LogP contribution in [0, 0.1) is 0 Å². The van der Waals surface area contributed by atoms with Crippen LogP contribution in [-0.4, -0.2) is 50.6 Å². The van der Waals surface area contributed by atoms with Gasteiger partial charge < -0.3 is 24.4 Å². The maximum Gasteiger partial charge on any atom is 0.243 e. The molecule has 1 N–H and O–H groups in total. The SMILES string of the molecule is COc1ccc(CN(C(C)=O)[C@H](Cc2ccccc2)C(=O)NCCc2ccc(OC)c(OC)c2)cc1. The summed E-state index contributed by atoms with van der Waals surface area (Å²) in [6.45, 7) is 2.24. The molecule has 0 aromatic heterocycles. The second kappa shape index (κ2) is 13.2. The fourth-order valence-corrected chi connectivity index (χ4v) is 4.03. The lowest BCUT2D eigenvalue weighted by molar-refractivity contribution is -0.139. The molecule has 0 bridgehead atoms. The van der Waals surface area contributed by atoms with Gasteiger partial charge in [-0.1, -0.05) is 48.5 Å². The Morgan fingerprint density at radius 2 is 1.47 bits per heavy atom. The van der Waals surface area contributed by atoms with E-state index in [2.05, 4.69) is 5.32 Å². The van der Waals surface area contributed by atoms with Crippen molar-refractivity contribution in [3.63, 3.8) is 0 Å². The van der Waals surface area contributed by atoms with Crippen molar-refractivity contribution in [2.24, 2.45) is 0 Å². The van der Waals surface area contributed by atoms with Crippen LogP contribution in [0.4, 0.5) is 0 Å². The number of nitrogens with one attached hydrogen (secondary N) is 1. The molecule has 190 valence electrons. The van der Waals surface area contributed by atoms with Crippen LogP contribution in [0.1, 0.15) is 23.6 Å². The Hall–Kier alpha value is -4.00. The summed E-state index contributed by atoms with van der Waals surface area (Å²) in [7, 11) is 4.80. The van der Waals surface area contributed by atoms with E-state index in [0.717, 1.165) is 22.4 Å². The highest BCUT2D eigenvalue weighted by Gasteiger charge is 2.28. The summed E-state index contributed by atoms with van der Waals surface area (Å²) in [5, 5.41) is 3.03. The van der Waals surface area contributed by atoms with Crippen LogP contribution in [0.3, 0.4) is 0 Å². The molecule has 0 radical (unpaired) electrons. The van der Waals surface area contributed by atoms with Gasteiger partial charge in [0.05, 0.1) is 21.3 Å². The Morgan fingerprint density at radius 3 is 2.08 bits per heavy atom. The van der Waals surface area contributed by atoms with E-state index in [4.69, 9.17) is 14.2 Å². The van der Waals surface area contributed by atoms with Gasteiger partial charge in [-0.15, -0.1) is 0 Å². The van der Waals surface area contributed by atoms with Gasteiger partial charge in [-0.3, -0.25) is 9.59 Å². The molecule has 0 aliphatic rings. The van der Waals surface area contributed by atoms with Gasteiger partial charge in [-0.05, 0) is 47.4 Å². The first kappa shape index (κ1) is 26.6. The summed E-state index contributed by atoms with van der Waals surface area (Å²) >= 11 is 0. The lowest BCUT2D eigenvalue weighted by Crippen LogP contribution is -2.50. The summed E-state index contributed by atoms with van der Waals surface area (Å²) in [5.41, 5.74) is 2.91. The fraction of sp³-hybridized carbons (Fsp3) is 0.310. The van der Waals surface area contributed by atoms with Gasteiger partial charge in [-0.2, -0.15) is 0 Å². The average molecular weight is 491 g/mol. The van der Waals surface area contributed by atoms with E-state index in [0.29, 0.717) is 37.4 Å². The summed E-state index contributed by atoms with van der Waals surface area (Å²) in [6, 6.07) is 22.3. The Morgan fingerprint density at radius 1 is 0.806 bits per heavy atom. The van der Waals surface area contributed by atoms with Crippen molar-refractivity contribution in [1.29, 1.82) is 0 Å². The number of hydrogen-bond acceptors (Lipinski definition) is 5. The van der Waals surface area contributed by atoms with Gasteiger partial charge >= 0.3 is 0 Å². The molecule has 0 aliphatic carbocycles. The van der Waals surface area contributed by atoms with Crippen LogP contribution >= 0.6 is 0 Å². The van der Waals surface area contributed by atoms with E-state index in [1.807, 2.05) is 72.8 Å². The van der Waals surface area contributed by atoms with E-state index in [1.165, 1.54) is 6.92 Å². The molecule has 0 saturated carbocycles. The van der Waals surface area contributed by atoms with Crippen molar-refractivity contribution in [3.05, 3.63) is 89.5 Å². The third-order valence-electron chi connectivity index (χ3n) is 6.03. The minimum absolute atomic E-state index is 0.165. The third-order valence-corrected chi connectivity index (χ3v) is 6.03. The topological polar surface area (TPSA) is 77.1 Å². The molecule has 0 saturated heterocycles. The van der Waals surface area contributed by atoms with Crippen LogP contribution < -0.4 is 19.5 Å². The number of benzene rings is 3. The van der Waals surface area contributed by atoms with Gasteiger partial charge in [0.2, 0.25) is 11.8 Å². The van der Waals surface area contributed by atoms with Crippen LogP contribution in [0.2, 0.25) is 0 Å². The summed E-state index contributed by atoms with van der Waals surface area (Å²) < 4.78 is 15.9. The second-order valence-corrected chi connectivity index (χ2v) is 8.43. The van der Waals surface area contributed by atoms with Crippen LogP contribution in [0.5, 0.6) is 17.2 Å². The molecule has 3 rings (SSSR count). The highest BCUT2D eigenvalue weighted by molar-refractivity contribution is 5.87. The number of nitrogens with zero attached hydrogens (tertiary/aromatic N) is 1. The molecule has 3 aromatic rings. The van der Waals surface area contributed by atoms with Crippen molar-refractivity contribution in [3.8, 4) is 17.2 Å². The summed E-state index contributed by atoms with van der Waals surface area (Å²) in [5.74, 6) is 1.68. The molecule has 7 heteroatoms. The predicted octanol–water partition coefficient (Wildman–Crippen LogP) is 4.03. The first-order valence-corrected chi connectivity index (χ1v) is 11.9. The van der Waals surface area contributed by atoms with Gasteiger partial charge in [0, 0.05) is 26.4 Å². The number of ether oxygens (including phenoxy) is 3. The van der Waals surface area contributed by atoms with Crippen molar-refractivity contribution in [2.45, 2.75) is 32.4 Å². The van der Waals surface area contributed by atoms with E-state index in [-0.39, 0.29) is 11.8 Å². The molecule has 3 aromatic carbocycles. The van der Waals surface area contributed by atoms with Crippen molar-refractivity contribution in [2.75, 3.05) is 27.9 Å². The van der Waals surface area contributed by atoms with Crippen LogP contribution in [0.15, 0.2) is 72.8 Å². The molecule has 1 atom stereocenters. The standard InChI is InChI=1S/C29H34N2O5/c1-21(32)31(20-24-10-13-25(34-2)14-11-24)26(18-22-8-6-5-7-9-22)29(33)30-17-16-23-12-15-27(35-3)28(19-23)36-4/h5-15,19,26H,16-18,20H2,1-4H3,(H,30,33)/t26-/m1/s1. The maximum atomic E-state index is 13.4. The van der Waals surface area contributed by atoms with E-state index < -0.39 is 6.04 Å². The molecule has 7 nitrogen and oxygen atoms in total. The summed E-state index contributed by atoms with van der Waals surface area (Å²) in [4.78, 5) is 27.8. The number of rotatable bonds is 12. The Bertz CT molecular complexity index is 1130. The average Bonchev–Trinajstić information content (AvgIpc) is 2.91. The monoisotopic (exact) mass is 490 g/mol. The van der Waals surface area contributed by atoms with Crippen LogP contribution in [-0.2, 0) is 29.0 Å². The van der Waals surface area contributed by atoms with Gasteiger partial charge in [-0.25, -0.2) is 0 Å². The van der Waals surface area contributed by atoms with Gasteiger partial charge in [0.25, 0.3) is 0 Å². The minimum atomic E-state index is -0.655. The predicted molar refractivity (Wildman–Crippen MR) is 139 cm³/mol. The van der Waals surface area contributed by atoms with Crippen molar-refractivity contribution < 1.29 is 23.8 Å². The summed E-state index contributed by atoms with van der Waals surface area (Å²) in [6.07, 6.45) is 1.03. The van der Waals surface area contributed by atoms with Gasteiger partial charge in [0.1, 0.15) is 11.8 Å². The number of hydrogen-bond donors (Lipinski definition) is 1. The quantitative estimate of drug-likeness (QED) is 0.415. The zero-order valence-corrected chi connectivity index (χ0v) is 21.3. The largest absolute Gasteiger partial charge is 0.497 e. The molecule has 36 heavy (non-hydrogen) atoms. The zero-order valence-electron chi connectivity index (χ0n) is 21.3. The van der Waals surface area contributed by atoms with E-state index >= 15 is 0 Å². The lowest BCUT2D eigenvalue weighted by Gasteiger charge is -2.30. The minimum Gasteiger partial charge on any atom is -0.497 e. The maximum absolute atomic E-state index is 13.4. The number of amides is 2. The number of methoxy groups -OCH3 is 3. The highest BCUT2D eigenvalue weighted by Crippen LogP contribution is 2.27. The first-order valence-electron chi connectivity index (χ1n) is 11.9. The Kier molecular flexibility index (Phi) is 9.74. The molecule has 0 fully saturated rings. The third kappa shape index (κ3) is 7.25. The Balaban J connectivity index is 1.75. The van der Waals surface area contributed by atoms with E-state index in [9.17, 15) is 9.59 Å². The molecule has 0 unspecified atom stereocenters. The normalized spacial score (nSPS) is 11.3. The molecular formula is C29H34N2O5. The lowest BCUT2D eigenvalue weighted by atomic mass is 10.0. The van der Waals surface area contributed by atoms with Crippen molar-refractivity contribution in [1.82, 2.24) is 10.2 Å². The molecule has 0 heterocycles. The molecular weight excluding hydrogens is 456 g/mol. The highest BCUT2D eigenvalue weighted by atomic mass is 16.5. The molecule has 2 amide bonds. The van der Waals surface area contributed by atoms with Crippen molar-refractivity contribution >= 4 is 11.8 Å². The van der Waals surface area contributed by atoms with Gasteiger partial charge in [0.15, 0.2) is 11.5 Å². The Labute approximate surface area is 213 Å². The molecule has 0 aliphatic heterocycles. The fourth-order valence-electron chi connectivity index (χ4n) is 4.03. The van der Waals surface area contributed by atoms with Crippen LogP contribution in [0.25, 0.3) is 0 Å². The second-order valence-electron chi connectivity index (χ2n) is 8.43. The number of carbonyl (C=O) groups is 2. The van der Waals surface area contributed by atoms with E-state index in [1.54, 1.807) is 26.2 Å². The smallest absolute Gasteiger partial charge is 0.243 e. The molecule has 0 spiro atoms. The zero-order chi connectivity index (χ0) is 25.9. The first-order chi connectivity index (χ1) is 17.4.